The first kappa shape index (κ1) is 10.7. The summed E-state index contributed by atoms with van der Waals surface area (Å²) in [6.45, 7) is 2.06. The third-order valence-electron chi connectivity index (χ3n) is 2.04. The van der Waals surface area contributed by atoms with Gasteiger partial charge < -0.3 is 10.2 Å². The lowest BCUT2D eigenvalue weighted by atomic mass is 10.0. The lowest BCUT2D eigenvalue weighted by Gasteiger charge is -2.07. The van der Waals surface area contributed by atoms with Crippen molar-refractivity contribution < 1.29 is 15.0 Å². The van der Waals surface area contributed by atoms with Crippen LogP contribution in [0.2, 0.25) is 0 Å². The smallest absolute Gasteiger partial charge is 0.337 e. The summed E-state index contributed by atoms with van der Waals surface area (Å²) >= 11 is 0. The topological polar surface area (TPSA) is 57.5 Å². The molecule has 0 aliphatic rings. The Morgan fingerprint density at radius 1 is 1.50 bits per heavy atom. The highest BCUT2D eigenvalue weighted by Gasteiger charge is 2.15. The van der Waals surface area contributed by atoms with Crippen LogP contribution in [0.25, 0.3) is 0 Å². The van der Waals surface area contributed by atoms with Gasteiger partial charge in [-0.3, -0.25) is 0 Å². The van der Waals surface area contributed by atoms with Crippen LogP contribution in [0.3, 0.4) is 0 Å². The molecule has 1 atom stereocenters. The Hall–Kier alpha value is -1.35. The minimum Gasteiger partial charge on any atom is -0.479 e. The quantitative estimate of drug-likeness (QED) is 0.767. The van der Waals surface area contributed by atoms with Crippen LogP contribution in [0.4, 0.5) is 0 Å². The summed E-state index contributed by atoms with van der Waals surface area (Å²) in [6, 6.07) is 7.06. The summed E-state index contributed by atoms with van der Waals surface area (Å²) in [4.78, 5) is 10.5. The molecule has 76 valence electrons. The summed E-state index contributed by atoms with van der Waals surface area (Å²) in [5.41, 5.74) is 1.51. The Kier molecular flexibility index (Phi) is 3.65. The Morgan fingerprint density at radius 3 is 2.79 bits per heavy atom. The molecular formula is C11H14O3. The number of aryl methyl sites for hydroxylation is 1. The third-order valence-corrected chi connectivity index (χ3v) is 2.04. The van der Waals surface area contributed by atoms with Crippen LogP contribution in [0.15, 0.2) is 24.3 Å². The standard InChI is InChI=1S/C11H14O3/c1-2-4-8-5-3-6-9(7-8)10(12)11(13)14/h3,5-7,10,12H,2,4H2,1H3,(H,13,14)/t10-/m1/s1. The maximum Gasteiger partial charge on any atom is 0.337 e. The zero-order chi connectivity index (χ0) is 10.6. The van der Waals surface area contributed by atoms with Gasteiger partial charge in [0.25, 0.3) is 0 Å². The van der Waals surface area contributed by atoms with Gasteiger partial charge in [0.1, 0.15) is 0 Å². The van der Waals surface area contributed by atoms with E-state index in [-0.39, 0.29) is 0 Å². The number of hydrogen-bond donors (Lipinski definition) is 2. The number of rotatable bonds is 4. The first-order valence-corrected chi connectivity index (χ1v) is 4.65. The van der Waals surface area contributed by atoms with Crippen LogP contribution in [0.5, 0.6) is 0 Å². The second kappa shape index (κ2) is 4.77. The fraction of sp³-hybridized carbons (Fsp3) is 0.364. The summed E-state index contributed by atoms with van der Waals surface area (Å²) < 4.78 is 0. The van der Waals surface area contributed by atoms with Crippen molar-refractivity contribution in [3.05, 3.63) is 35.4 Å². The third kappa shape index (κ3) is 2.57. The molecule has 3 nitrogen and oxygen atoms in total. The van der Waals surface area contributed by atoms with Gasteiger partial charge in [-0.05, 0) is 17.5 Å². The number of aliphatic hydroxyl groups excluding tert-OH is 1. The Balaban J connectivity index is 2.87. The van der Waals surface area contributed by atoms with E-state index in [1.807, 2.05) is 6.07 Å². The van der Waals surface area contributed by atoms with Crippen molar-refractivity contribution in [2.75, 3.05) is 0 Å². The zero-order valence-corrected chi connectivity index (χ0v) is 8.10. The number of aliphatic hydroxyl groups is 1. The predicted molar refractivity (Wildman–Crippen MR) is 53.0 cm³/mol. The van der Waals surface area contributed by atoms with Crippen LogP contribution < -0.4 is 0 Å². The van der Waals surface area contributed by atoms with E-state index in [1.165, 1.54) is 0 Å². The molecule has 0 aliphatic carbocycles. The van der Waals surface area contributed by atoms with E-state index in [0.717, 1.165) is 18.4 Å². The number of carboxylic acids is 1. The zero-order valence-electron chi connectivity index (χ0n) is 8.10. The molecule has 0 fully saturated rings. The number of aliphatic carboxylic acids is 1. The Bertz CT molecular complexity index is 320. The first-order chi connectivity index (χ1) is 6.65. The average molecular weight is 194 g/mol. The van der Waals surface area contributed by atoms with Crippen molar-refractivity contribution in [3.63, 3.8) is 0 Å². The molecule has 14 heavy (non-hydrogen) atoms. The Labute approximate surface area is 83.0 Å². The van der Waals surface area contributed by atoms with E-state index in [4.69, 9.17) is 5.11 Å². The normalized spacial score (nSPS) is 12.4. The van der Waals surface area contributed by atoms with E-state index < -0.39 is 12.1 Å². The lowest BCUT2D eigenvalue weighted by Crippen LogP contribution is -2.10. The van der Waals surface area contributed by atoms with Gasteiger partial charge in [-0.25, -0.2) is 4.79 Å². The molecule has 1 rings (SSSR count). The van der Waals surface area contributed by atoms with Gasteiger partial charge in [0.2, 0.25) is 0 Å². The highest BCUT2D eigenvalue weighted by molar-refractivity contribution is 5.74. The van der Waals surface area contributed by atoms with Crippen molar-refractivity contribution in [2.45, 2.75) is 25.9 Å². The fourth-order valence-electron chi connectivity index (χ4n) is 1.35. The molecule has 0 bridgehead atoms. The average Bonchev–Trinajstić information content (AvgIpc) is 2.17. The van der Waals surface area contributed by atoms with Gasteiger partial charge in [-0.1, -0.05) is 37.6 Å². The molecule has 2 N–H and O–H groups in total. The molecule has 0 amide bonds. The predicted octanol–water partition coefficient (Wildman–Crippen LogP) is 1.76. The summed E-state index contributed by atoms with van der Waals surface area (Å²) in [7, 11) is 0. The van der Waals surface area contributed by atoms with E-state index in [1.54, 1.807) is 18.2 Å². The van der Waals surface area contributed by atoms with Gasteiger partial charge in [0, 0.05) is 0 Å². The number of carboxylic acid groups (broad SMARTS) is 1. The van der Waals surface area contributed by atoms with Crippen molar-refractivity contribution in [2.24, 2.45) is 0 Å². The molecular weight excluding hydrogens is 180 g/mol. The van der Waals surface area contributed by atoms with Gasteiger partial charge in [0.05, 0.1) is 0 Å². The van der Waals surface area contributed by atoms with Crippen LogP contribution in [-0.2, 0) is 11.2 Å². The lowest BCUT2D eigenvalue weighted by molar-refractivity contribution is -0.146. The fourth-order valence-corrected chi connectivity index (χ4v) is 1.35. The minimum absolute atomic E-state index is 0.448. The molecule has 1 aromatic rings. The molecule has 0 radical (unpaired) electrons. The molecule has 0 aromatic heterocycles. The molecule has 0 unspecified atom stereocenters. The van der Waals surface area contributed by atoms with Crippen LogP contribution >= 0.6 is 0 Å². The van der Waals surface area contributed by atoms with E-state index in [9.17, 15) is 9.90 Å². The minimum atomic E-state index is -1.41. The van der Waals surface area contributed by atoms with Crippen molar-refractivity contribution >= 4 is 5.97 Å². The van der Waals surface area contributed by atoms with Crippen LogP contribution in [0, 0.1) is 0 Å². The number of carbonyl (C=O) groups is 1. The van der Waals surface area contributed by atoms with Gasteiger partial charge in [-0.15, -0.1) is 0 Å². The Morgan fingerprint density at radius 2 is 2.21 bits per heavy atom. The largest absolute Gasteiger partial charge is 0.479 e. The first-order valence-electron chi connectivity index (χ1n) is 4.65. The summed E-state index contributed by atoms with van der Waals surface area (Å²) in [6.07, 6.45) is 0.499. The molecule has 0 spiro atoms. The van der Waals surface area contributed by atoms with E-state index in [0.29, 0.717) is 5.56 Å². The van der Waals surface area contributed by atoms with Gasteiger partial charge in [-0.2, -0.15) is 0 Å². The molecule has 3 heteroatoms. The number of hydrogen-bond acceptors (Lipinski definition) is 2. The maximum absolute atomic E-state index is 10.5. The van der Waals surface area contributed by atoms with Crippen molar-refractivity contribution in [3.8, 4) is 0 Å². The van der Waals surface area contributed by atoms with E-state index in [2.05, 4.69) is 6.92 Å². The second-order valence-electron chi connectivity index (χ2n) is 3.24. The molecule has 0 aliphatic heterocycles. The molecule has 0 saturated heterocycles. The second-order valence-corrected chi connectivity index (χ2v) is 3.24. The molecule has 1 aromatic carbocycles. The van der Waals surface area contributed by atoms with Crippen molar-refractivity contribution in [1.82, 2.24) is 0 Å². The van der Waals surface area contributed by atoms with Crippen molar-refractivity contribution in [1.29, 1.82) is 0 Å². The number of benzene rings is 1. The molecule has 0 heterocycles. The van der Waals surface area contributed by atoms with Gasteiger partial charge in [0.15, 0.2) is 6.10 Å². The van der Waals surface area contributed by atoms with Crippen LogP contribution in [0.1, 0.15) is 30.6 Å². The highest BCUT2D eigenvalue weighted by atomic mass is 16.4. The maximum atomic E-state index is 10.5. The van der Waals surface area contributed by atoms with E-state index >= 15 is 0 Å². The summed E-state index contributed by atoms with van der Waals surface area (Å²) in [5.74, 6) is -1.21. The SMILES string of the molecule is CCCc1cccc([C@@H](O)C(=O)O)c1. The highest BCUT2D eigenvalue weighted by Crippen LogP contribution is 2.15. The molecule has 0 saturated carbocycles. The van der Waals surface area contributed by atoms with Crippen LogP contribution in [-0.4, -0.2) is 16.2 Å². The van der Waals surface area contributed by atoms with Gasteiger partial charge >= 0.3 is 5.97 Å². The monoisotopic (exact) mass is 194 g/mol. The summed E-state index contributed by atoms with van der Waals surface area (Å²) in [5, 5.41) is 17.9.